The summed E-state index contributed by atoms with van der Waals surface area (Å²) in [5.41, 5.74) is 9.12. The Labute approximate surface area is 112 Å². The van der Waals surface area contributed by atoms with Crippen LogP contribution in [-0.4, -0.2) is 20.2 Å². The topological polar surface area (TPSA) is 69.6 Å². The fraction of sp³-hybridized carbons (Fsp3) is 0.500. The van der Waals surface area contributed by atoms with Crippen LogP contribution in [0.25, 0.3) is 11.4 Å². The van der Waals surface area contributed by atoms with Gasteiger partial charge in [-0.1, -0.05) is 19.4 Å². The Balaban J connectivity index is 1.97. The second kappa shape index (κ2) is 4.33. The van der Waals surface area contributed by atoms with E-state index in [-0.39, 0.29) is 0 Å². The summed E-state index contributed by atoms with van der Waals surface area (Å²) in [6, 6.07) is 5.86. The Morgan fingerprint density at radius 2 is 2.16 bits per heavy atom. The third-order valence-electron chi connectivity index (χ3n) is 4.13. The van der Waals surface area contributed by atoms with Crippen LogP contribution in [0.15, 0.2) is 18.2 Å². The molecule has 0 radical (unpaired) electrons. The summed E-state index contributed by atoms with van der Waals surface area (Å²) < 4.78 is 1.92. The average Bonchev–Trinajstić information content (AvgIpc) is 2.78. The molecule has 5 nitrogen and oxygen atoms in total. The van der Waals surface area contributed by atoms with Gasteiger partial charge in [0.1, 0.15) is 0 Å². The number of hydrogen-bond acceptors (Lipinski definition) is 4. The van der Waals surface area contributed by atoms with Gasteiger partial charge in [0.2, 0.25) is 0 Å². The summed E-state index contributed by atoms with van der Waals surface area (Å²) in [6.45, 7) is 5.23. The molecule has 1 fully saturated rings. The Morgan fingerprint density at radius 1 is 1.37 bits per heavy atom. The van der Waals surface area contributed by atoms with E-state index in [2.05, 4.69) is 29.4 Å². The molecule has 2 aromatic rings. The molecule has 2 N–H and O–H groups in total. The van der Waals surface area contributed by atoms with Crippen molar-refractivity contribution >= 4 is 5.69 Å². The van der Waals surface area contributed by atoms with E-state index < -0.39 is 0 Å². The molecule has 1 aromatic heterocycles. The van der Waals surface area contributed by atoms with Crippen LogP contribution < -0.4 is 5.73 Å². The normalized spacial score (nSPS) is 17.2. The molecule has 0 spiro atoms. The van der Waals surface area contributed by atoms with Crippen LogP contribution in [0.5, 0.6) is 0 Å². The number of anilines is 1. The zero-order valence-electron chi connectivity index (χ0n) is 11.4. The van der Waals surface area contributed by atoms with E-state index in [0.717, 1.165) is 29.2 Å². The van der Waals surface area contributed by atoms with E-state index >= 15 is 0 Å². The quantitative estimate of drug-likeness (QED) is 0.857. The van der Waals surface area contributed by atoms with E-state index in [1.165, 1.54) is 19.3 Å². The first kappa shape index (κ1) is 12.1. The molecule has 100 valence electrons. The molecular weight excluding hydrogens is 238 g/mol. The van der Waals surface area contributed by atoms with Crippen LogP contribution in [0, 0.1) is 12.3 Å². The minimum atomic E-state index is 0.346. The van der Waals surface area contributed by atoms with Gasteiger partial charge >= 0.3 is 0 Å². The molecule has 1 saturated carbocycles. The van der Waals surface area contributed by atoms with Crippen molar-refractivity contribution < 1.29 is 0 Å². The smallest absolute Gasteiger partial charge is 0.182 e. The van der Waals surface area contributed by atoms with Crippen LogP contribution in [0.3, 0.4) is 0 Å². The molecule has 1 aliphatic rings. The molecule has 0 bridgehead atoms. The first-order valence-corrected chi connectivity index (χ1v) is 6.70. The van der Waals surface area contributed by atoms with Crippen molar-refractivity contribution in [2.24, 2.45) is 5.41 Å². The summed E-state index contributed by atoms with van der Waals surface area (Å²) >= 11 is 0. The first-order chi connectivity index (χ1) is 9.07. The maximum absolute atomic E-state index is 5.87. The van der Waals surface area contributed by atoms with Gasteiger partial charge in [0.15, 0.2) is 5.82 Å². The van der Waals surface area contributed by atoms with Gasteiger partial charge in [-0.05, 0) is 53.3 Å². The van der Waals surface area contributed by atoms with Crippen molar-refractivity contribution in [3.8, 4) is 11.4 Å². The third-order valence-corrected chi connectivity index (χ3v) is 4.13. The summed E-state index contributed by atoms with van der Waals surface area (Å²) in [4.78, 5) is 0. The number of aryl methyl sites for hydroxylation is 1. The minimum absolute atomic E-state index is 0.346. The Morgan fingerprint density at radius 3 is 2.84 bits per heavy atom. The van der Waals surface area contributed by atoms with Gasteiger partial charge in [0.25, 0.3) is 0 Å². The zero-order chi connectivity index (χ0) is 13.5. The molecule has 0 amide bonds. The Hall–Kier alpha value is -1.91. The lowest BCUT2D eigenvalue weighted by Crippen LogP contribution is -2.31. The molecule has 19 heavy (non-hydrogen) atoms. The molecule has 1 aromatic carbocycles. The highest BCUT2D eigenvalue weighted by atomic mass is 15.5. The van der Waals surface area contributed by atoms with Gasteiger partial charge in [-0.25, -0.2) is 4.68 Å². The number of aromatic nitrogens is 4. The van der Waals surface area contributed by atoms with Crippen molar-refractivity contribution in [3.63, 3.8) is 0 Å². The van der Waals surface area contributed by atoms with Gasteiger partial charge in [-0.15, -0.1) is 5.10 Å². The number of nitrogens with two attached hydrogens (primary N) is 1. The van der Waals surface area contributed by atoms with E-state index in [1.54, 1.807) is 0 Å². The molecule has 0 saturated heterocycles. The van der Waals surface area contributed by atoms with E-state index in [4.69, 9.17) is 5.73 Å². The van der Waals surface area contributed by atoms with E-state index in [9.17, 15) is 0 Å². The van der Waals surface area contributed by atoms with Gasteiger partial charge in [0, 0.05) is 11.3 Å². The lowest BCUT2D eigenvalue weighted by atomic mass is 9.70. The van der Waals surface area contributed by atoms with E-state index in [0.29, 0.717) is 5.41 Å². The third kappa shape index (κ3) is 2.20. The summed E-state index contributed by atoms with van der Waals surface area (Å²) in [7, 11) is 0. The van der Waals surface area contributed by atoms with Crippen molar-refractivity contribution in [1.82, 2.24) is 20.2 Å². The van der Waals surface area contributed by atoms with Crippen molar-refractivity contribution in [2.45, 2.75) is 39.7 Å². The number of nitrogens with zero attached hydrogens (tertiary/aromatic N) is 4. The number of hydrogen-bond donors (Lipinski definition) is 1. The highest BCUT2D eigenvalue weighted by Gasteiger charge is 2.33. The van der Waals surface area contributed by atoms with Crippen molar-refractivity contribution in [1.29, 1.82) is 0 Å². The molecule has 1 aliphatic carbocycles. The predicted molar refractivity (Wildman–Crippen MR) is 74.4 cm³/mol. The summed E-state index contributed by atoms with van der Waals surface area (Å²) in [5.74, 6) is 0.818. The largest absolute Gasteiger partial charge is 0.399 e. The summed E-state index contributed by atoms with van der Waals surface area (Å²) in [5, 5.41) is 12.2. The predicted octanol–water partition coefficient (Wildman–Crippen LogP) is 2.42. The van der Waals surface area contributed by atoms with Crippen LogP contribution >= 0.6 is 0 Å². The standard InChI is InChI=1S/C14H19N5/c1-10-4-5-11(15)8-12(10)13-16-17-18-19(13)9-14(2)6-3-7-14/h4-5,8H,3,6-7,9,15H2,1-2H3. The van der Waals surface area contributed by atoms with Crippen LogP contribution in [0.4, 0.5) is 5.69 Å². The van der Waals surface area contributed by atoms with Crippen LogP contribution in [0.1, 0.15) is 31.7 Å². The van der Waals surface area contributed by atoms with E-state index in [1.807, 2.05) is 22.9 Å². The van der Waals surface area contributed by atoms with Gasteiger partial charge < -0.3 is 5.73 Å². The molecule has 0 unspecified atom stereocenters. The Bertz CT molecular complexity index is 598. The van der Waals surface area contributed by atoms with Crippen LogP contribution in [-0.2, 0) is 6.54 Å². The van der Waals surface area contributed by atoms with Gasteiger partial charge in [-0.3, -0.25) is 0 Å². The SMILES string of the molecule is Cc1ccc(N)cc1-c1nnnn1CC1(C)CCC1. The average molecular weight is 257 g/mol. The number of nitrogen functional groups attached to an aromatic ring is 1. The van der Waals surface area contributed by atoms with Crippen molar-refractivity contribution in [2.75, 3.05) is 5.73 Å². The van der Waals surface area contributed by atoms with Gasteiger partial charge in [-0.2, -0.15) is 0 Å². The molecule has 5 heteroatoms. The fourth-order valence-electron chi connectivity index (χ4n) is 2.68. The highest BCUT2D eigenvalue weighted by Crippen LogP contribution is 2.42. The van der Waals surface area contributed by atoms with Crippen LogP contribution in [0.2, 0.25) is 0 Å². The maximum Gasteiger partial charge on any atom is 0.182 e. The Kier molecular flexibility index (Phi) is 2.77. The number of benzene rings is 1. The monoisotopic (exact) mass is 257 g/mol. The summed E-state index contributed by atoms with van der Waals surface area (Å²) in [6.07, 6.45) is 3.82. The first-order valence-electron chi connectivity index (χ1n) is 6.70. The molecular formula is C14H19N5. The molecule has 0 atom stereocenters. The second-order valence-electron chi connectivity index (χ2n) is 5.90. The fourth-order valence-corrected chi connectivity index (χ4v) is 2.68. The molecule has 0 aliphatic heterocycles. The minimum Gasteiger partial charge on any atom is -0.399 e. The highest BCUT2D eigenvalue weighted by molar-refractivity contribution is 5.65. The molecule has 1 heterocycles. The molecule has 3 rings (SSSR count). The number of tetrazole rings is 1. The zero-order valence-corrected chi connectivity index (χ0v) is 11.4. The lowest BCUT2D eigenvalue weighted by Gasteiger charge is -2.38. The maximum atomic E-state index is 5.87. The van der Waals surface area contributed by atoms with Crippen molar-refractivity contribution in [3.05, 3.63) is 23.8 Å². The number of rotatable bonds is 3. The van der Waals surface area contributed by atoms with Gasteiger partial charge in [0.05, 0.1) is 6.54 Å². The second-order valence-corrected chi connectivity index (χ2v) is 5.90. The lowest BCUT2D eigenvalue weighted by molar-refractivity contribution is 0.126.